The highest BCUT2D eigenvalue weighted by Crippen LogP contribution is 2.28. The number of nitrogens with one attached hydrogen (secondary N) is 1. The molecular weight excluding hydrogens is 310 g/mol. The van der Waals surface area contributed by atoms with Crippen molar-refractivity contribution in [1.82, 2.24) is 10.3 Å². The Kier molecular flexibility index (Phi) is 5.73. The van der Waals surface area contributed by atoms with Crippen LogP contribution in [-0.4, -0.2) is 38.0 Å². The minimum Gasteiger partial charge on any atom is -0.496 e. The van der Waals surface area contributed by atoms with Gasteiger partial charge in [-0.3, -0.25) is 9.59 Å². The lowest BCUT2D eigenvalue weighted by Gasteiger charge is -2.17. The topological polar surface area (TPSA) is 80.8 Å². The fourth-order valence-electron chi connectivity index (χ4n) is 2.04. The van der Waals surface area contributed by atoms with Gasteiger partial charge in [0.25, 0.3) is 0 Å². The highest BCUT2D eigenvalue weighted by molar-refractivity contribution is 5.95. The molecule has 0 atom stereocenters. The lowest BCUT2D eigenvalue weighted by Crippen LogP contribution is -2.35. The highest BCUT2D eigenvalue weighted by atomic mass is 16.5. The summed E-state index contributed by atoms with van der Waals surface area (Å²) in [5.74, 6) is 1.40. The molecule has 126 valence electrons. The number of likely N-dealkylation sites (N-methyl/N-ethyl adjacent to an activating group) is 1. The molecule has 7 heteroatoms. The van der Waals surface area contributed by atoms with Gasteiger partial charge in [0.2, 0.25) is 18.2 Å². The average molecular weight is 329 g/mol. The predicted octanol–water partition coefficient (Wildman–Crippen LogP) is 1.90. The monoisotopic (exact) mass is 329 g/mol. The smallest absolute Gasteiger partial charge is 0.246 e. The summed E-state index contributed by atoms with van der Waals surface area (Å²) in [6, 6.07) is 8.80. The van der Waals surface area contributed by atoms with Gasteiger partial charge < -0.3 is 19.7 Å². The zero-order valence-electron chi connectivity index (χ0n) is 13.8. The van der Waals surface area contributed by atoms with Gasteiger partial charge in [-0.25, -0.2) is 4.98 Å². The number of pyridine rings is 1. The molecule has 1 heterocycles. The number of amides is 2. The van der Waals surface area contributed by atoms with E-state index < -0.39 is 0 Å². The number of nitrogens with zero attached hydrogens (tertiary/aromatic N) is 2. The van der Waals surface area contributed by atoms with Crippen LogP contribution in [0, 0.1) is 6.92 Å². The maximum Gasteiger partial charge on any atom is 0.246 e. The molecule has 2 aromatic rings. The Morgan fingerprint density at radius 1 is 1.33 bits per heavy atom. The van der Waals surface area contributed by atoms with Crippen LogP contribution < -0.4 is 19.7 Å². The molecule has 1 aromatic heterocycles. The molecule has 2 rings (SSSR count). The first-order chi connectivity index (χ1) is 11.5. The van der Waals surface area contributed by atoms with Crippen molar-refractivity contribution in [2.45, 2.75) is 6.92 Å². The normalized spacial score (nSPS) is 9.96. The molecule has 1 N–H and O–H groups in total. The lowest BCUT2D eigenvalue weighted by molar-refractivity contribution is -0.119. The Labute approximate surface area is 140 Å². The number of methoxy groups -OCH3 is 1. The van der Waals surface area contributed by atoms with E-state index in [9.17, 15) is 9.59 Å². The Balaban J connectivity index is 2.15. The van der Waals surface area contributed by atoms with Crippen molar-refractivity contribution < 1.29 is 19.1 Å². The number of aryl methyl sites for hydroxylation is 1. The molecular formula is C17H19N3O4. The first-order valence-corrected chi connectivity index (χ1v) is 7.27. The maximum absolute atomic E-state index is 11.9. The number of carbonyl (C=O) groups is 2. The van der Waals surface area contributed by atoms with E-state index in [0.29, 0.717) is 23.7 Å². The molecule has 0 saturated carbocycles. The van der Waals surface area contributed by atoms with Crippen molar-refractivity contribution in [2.75, 3.05) is 25.6 Å². The van der Waals surface area contributed by atoms with Crippen LogP contribution in [0.2, 0.25) is 0 Å². The summed E-state index contributed by atoms with van der Waals surface area (Å²) in [6.45, 7) is 1.86. The number of ether oxygens (including phenoxy) is 2. The van der Waals surface area contributed by atoms with E-state index in [-0.39, 0.29) is 12.5 Å². The van der Waals surface area contributed by atoms with Crippen LogP contribution in [0.15, 0.2) is 36.5 Å². The standard InChI is InChI=1S/C17H19N3O4/c1-12-4-5-14(9-15(12)23-3)24-16-8-13(6-7-19-16)20(2)17(22)10-18-11-21/h4-9,11H,10H2,1-3H3,(H,18,21). The molecule has 0 unspecified atom stereocenters. The number of carbonyl (C=O) groups excluding carboxylic acids is 2. The Morgan fingerprint density at radius 3 is 2.83 bits per heavy atom. The largest absolute Gasteiger partial charge is 0.496 e. The van der Waals surface area contributed by atoms with Crippen LogP contribution in [0.5, 0.6) is 17.4 Å². The van der Waals surface area contributed by atoms with Gasteiger partial charge in [0.05, 0.1) is 19.3 Å². The molecule has 0 spiro atoms. The van der Waals surface area contributed by atoms with Gasteiger partial charge in [-0.15, -0.1) is 0 Å². The van der Waals surface area contributed by atoms with Crippen LogP contribution in [0.25, 0.3) is 0 Å². The van der Waals surface area contributed by atoms with E-state index in [0.717, 1.165) is 11.3 Å². The van der Waals surface area contributed by atoms with E-state index in [4.69, 9.17) is 9.47 Å². The Hall–Kier alpha value is -3.09. The van der Waals surface area contributed by atoms with Crippen LogP contribution in [0.3, 0.4) is 0 Å². The average Bonchev–Trinajstić information content (AvgIpc) is 2.60. The molecule has 1 aromatic carbocycles. The molecule has 2 amide bonds. The zero-order chi connectivity index (χ0) is 17.5. The number of hydrogen-bond donors (Lipinski definition) is 1. The van der Waals surface area contributed by atoms with E-state index in [1.807, 2.05) is 19.1 Å². The Bertz CT molecular complexity index is 734. The second-order valence-corrected chi connectivity index (χ2v) is 5.04. The maximum atomic E-state index is 11.9. The second-order valence-electron chi connectivity index (χ2n) is 5.04. The van der Waals surface area contributed by atoms with Crippen LogP contribution >= 0.6 is 0 Å². The predicted molar refractivity (Wildman–Crippen MR) is 89.5 cm³/mol. The van der Waals surface area contributed by atoms with E-state index in [1.165, 1.54) is 4.90 Å². The molecule has 0 aliphatic heterocycles. The summed E-state index contributed by atoms with van der Waals surface area (Å²) < 4.78 is 11.0. The van der Waals surface area contributed by atoms with Crippen molar-refractivity contribution in [3.05, 3.63) is 42.1 Å². The molecule has 0 saturated heterocycles. The van der Waals surface area contributed by atoms with Crippen molar-refractivity contribution in [1.29, 1.82) is 0 Å². The van der Waals surface area contributed by atoms with Gasteiger partial charge >= 0.3 is 0 Å². The lowest BCUT2D eigenvalue weighted by atomic mass is 10.2. The SMILES string of the molecule is COc1cc(Oc2cc(N(C)C(=O)CNC=O)ccn2)ccc1C. The minimum absolute atomic E-state index is 0.0757. The van der Waals surface area contributed by atoms with E-state index in [1.54, 1.807) is 38.6 Å². The summed E-state index contributed by atoms with van der Waals surface area (Å²) in [5.41, 5.74) is 1.61. The molecule has 0 radical (unpaired) electrons. The summed E-state index contributed by atoms with van der Waals surface area (Å²) in [5, 5.41) is 2.34. The summed E-state index contributed by atoms with van der Waals surface area (Å²) in [4.78, 5) is 27.8. The van der Waals surface area contributed by atoms with Crippen molar-refractivity contribution in [3.8, 4) is 17.4 Å². The number of benzene rings is 1. The van der Waals surface area contributed by atoms with Gasteiger partial charge in [0.1, 0.15) is 11.5 Å². The first-order valence-electron chi connectivity index (χ1n) is 7.27. The number of aromatic nitrogens is 1. The second kappa shape index (κ2) is 7.96. The summed E-state index contributed by atoms with van der Waals surface area (Å²) in [7, 11) is 3.21. The summed E-state index contributed by atoms with van der Waals surface area (Å²) >= 11 is 0. The first kappa shape index (κ1) is 17.3. The van der Waals surface area contributed by atoms with Crippen molar-refractivity contribution in [2.24, 2.45) is 0 Å². The molecule has 0 aliphatic carbocycles. The van der Waals surface area contributed by atoms with Crippen molar-refractivity contribution >= 4 is 18.0 Å². The number of rotatable bonds is 7. The van der Waals surface area contributed by atoms with Crippen LogP contribution in [0.1, 0.15) is 5.56 Å². The van der Waals surface area contributed by atoms with Gasteiger partial charge in [0, 0.05) is 25.4 Å². The fourth-order valence-corrected chi connectivity index (χ4v) is 2.04. The highest BCUT2D eigenvalue weighted by Gasteiger charge is 2.12. The van der Waals surface area contributed by atoms with E-state index >= 15 is 0 Å². The summed E-state index contributed by atoms with van der Waals surface area (Å²) in [6.07, 6.45) is 2.03. The minimum atomic E-state index is -0.253. The number of anilines is 1. The van der Waals surface area contributed by atoms with Gasteiger partial charge in [0.15, 0.2) is 0 Å². The fraction of sp³-hybridized carbons (Fsp3) is 0.235. The third-order valence-electron chi connectivity index (χ3n) is 3.42. The van der Waals surface area contributed by atoms with Crippen LogP contribution in [0.4, 0.5) is 5.69 Å². The third kappa shape index (κ3) is 4.22. The third-order valence-corrected chi connectivity index (χ3v) is 3.42. The molecule has 0 aliphatic rings. The molecule has 0 fully saturated rings. The Morgan fingerprint density at radius 2 is 2.12 bits per heavy atom. The molecule has 7 nitrogen and oxygen atoms in total. The van der Waals surface area contributed by atoms with Gasteiger partial charge in [-0.1, -0.05) is 6.07 Å². The van der Waals surface area contributed by atoms with E-state index in [2.05, 4.69) is 10.3 Å². The quantitative estimate of drug-likeness (QED) is 0.785. The van der Waals surface area contributed by atoms with Crippen molar-refractivity contribution in [3.63, 3.8) is 0 Å². The van der Waals surface area contributed by atoms with Gasteiger partial charge in [-0.2, -0.15) is 0 Å². The van der Waals surface area contributed by atoms with Gasteiger partial charge in [-0.05, 0) is 24.6 Å². The van der Waals surface area contributed by atoms with Crippen LogP contribution in [-0.2, 0) is 9.59 Å². The number of hydrogen-bond acceptors (Lipinski definition) is 5. The molecule has 24 heavy (non-hydrogen) atoms. The molecule has 0 bridgehead atoms. The zero-order valence-corrected chi connectivity index (χ0v) is 13.8.